The molecule has 0 heterocycles. The molecule has 2 heteroatoms. The Morgan fingerprint density at radius 1 is 0.895 bits per heavy atom. The van der Waals surface area contributed by atoms with Gasteiger partial charge in [0.05, 0.1) is 7.11 Å². The lowest BCUT2D eigenvalue weighted by atomic mass is 10.1. The lowest BCUT2D eigenvalue weighted by Gasteiger charge is -2.02. The monoisotopic (exact) mass is 250 g/mol. The van der Waals surface area contributed by atoms with Crippen LogP contribution >= 0.6 is 0 Å². The summed E-state index contributed by atoms with van der Waals surface area (Å²) in [5, 5.41) is 14.1. The Labute approximate surface area is 110 Å². The van der Waals surface area contributed by atoms with Gasteiger partial charge in [-0.3, -0.25) is 0 Å². The first-order valence-corrected chi connectivity index (χ1v) is 6.14. The van der Waals surface area contributed by atoms with Crippen LogP contribution < -0.4 is 15.2 Å². The van der Waals surface area contributed by atoms with Crippen LogP contribution in [-0.4, -0.2) is 12.2 Å². The molecule has 2 aromatic carbocycles. The Kier molecular flexibility index (Phi) is 2.84. The van der Waals surface area contributed by atoms with Gasteiger partial charge < -0.3 is 9.84 Å². The molecule has 0 amide bonds. The highest BCUT2D eigenvalue weighted by Crippen LogP contribution is 2.07. The van der Waals surface area contributed by atoms with E-state index in [2.05, 4.69) is 6.07 Å². The number of fused-ring (bicyclic) bond motifs is 2. The van der Waals surface area contributed by atoms with Crippen molar-refractivity contribution in [3.05, 3.63) is 75.2 Å². The first-order chi connectivity index (χ1) is 9.28. The third kappa shape index (κ3) is 2.13. The zero-order valence-electron chi connectivity index (χ0n) is 10.6. The van der Waals surface area contributed by atoms with Gasteiger partial charge in [0, 0.05) is 0 Å². The smallest absolute Gasteiger partial charge is 0.119 e. The van der Waals surface area contributed by atoms with Crippen LogP contribution in [0.1, 0.15) is 0 Å². The normalized spacial score (nSPS) is 21.0. The van der Waals surface area contributed by atoms with Gasteiger partial charge in [0.1, 0.15) is 11.5 Å². The molecular formula is C17H14O2. The van der Waals surface area contributed by atoms with Gasteiger partial charge in [-0.1, -0.05) is 36.4 Å². The van der Waals surface area contributed by atoms with E-state index in [-0.39, 0.29) is 5.76 Å². The minimum absolute atomic E-state index is 0.251. The van der Waals surface area contributed by atoms with Gasteiger partial charge in [-0.2, -0.15) is 0 Å². The van der Waals surface area contributed by atoms with Crippen LogP contribution in [0.5, 0.6) is 5.75 Å². The van der Waals surface area contributed by atoms with Crippen molar-refractivity contribution < 1.29 is 9.84 Å². The van der Waals surface area contributed by atoms with E-state index < -0.39 is 0 Å². The third-order valence-corrected chi connectivity index (χ3v) is 3.25. The summed E-state index contributed by atoms with van der Waals surface area (Å²) in [6.45, 7) is 0. The highest BCUT2D eigenvalue weighted by molar-refractivity contribution is 5.53. The Morgan fingerprint density at radius 2 is 1.74 bits per heavy atom. The Morgan fingerprint density at radius 3 is 2.58 bits per heavy atom. The Hall–Kier alpha value is -2.48. The third-order valence-electron chi connectivity index (χ3n) is 3.25. The largest absolute Gasteiger partial charge is 0.508 e. The maximum atomic E-state index is 9.86. The zero-order valence-corrected chi connectivity index (χ0v) is 10.6. The SMILES string of the molecule is COc1ccc2/c(c1)=c1/cccc/c1=C/C=C(O)/C=2. The molecule has 0 aliphatic heterocycles. The van der Waals surface area contributed by atoms with Gasteiger partial charge in [0.2, 0.25) is 0 Å². The number of hydrogen-bond acceptors (Lipinski definition) is 2. The molecule has 1 aliphatic rings. The van der Waals surface area contributed by atoms with E-state index in [1.807, 2.05) is 42.5 Å². The van der Waals surface area contributed by atoms with E-state index >= 15 is 0 Å². The lowest BCUT2D eigenvalue weighted by molar-refractivity contribution is 0.414. The number of aliphatic hydroxyl groups excluding tert-OH is 1. The summed E-state index contributed by atoms with van der Waals surface area (Å²) in [6.07, 6.45) is 5.40. The first-order valence-electron chi connectivity index (χ1n) is 6.14. The summed E-state index contributed by atoms with van der Waals surface area (Å²) in [5.74, 6) is 1.06. The summed E-state index contributed by atoms with van der Waals surface area (Å²) in [7, 11) is 1.66. The molecular weight excluding hydrogens is 236 g/mol. The summed E-state index contributed by atoms with van der Waals surface area (Å²) in [6, 6.07) is 14.0. The number of methoxy groups -OCH3 is 1. The van der Waals surface area contributed by atoms with Crippen LogP contribution in [0.3, 0.4) is 0 Å². The van der Waals surface area contributed by atoms with Crippen LogP contribution in [0.25, 0.3) is 12.2 Å². The highest BCUT2D eigenvalue weighted by Gasteiger charge is 1.97. The number of aliphatic hydroxyl groups is 1. The molecule has 0 fully saturated rings. The van der Waals surface area contributed by atoms with Crippen LogP contribution in [0.2, 0.25) is 0 Å². The van der Waals surface area contributed by atoms with Crippen molar-refractivity contribution >= 4 is 12.2 Å². The number of benzene rings is 2. The fourth-order valence-electron chi connectivity index (χ4n) is 2.29. The molecule has 0 saturated carbocycles. The van der Waals surface area contributed by atoms with Crippen molar-refractivity contribution in [2.24, 2.45) is 0 Å². The van der Waals surface area contributed by atoms with Crippen molar-refractivity contribution in [1.29, 1.82) is 0 Å². The van der Waals surface area contributed by atoms with Gasteiger partial charge in [0.15, 0.2) is 0 Å². The average Bonchev–Trinajstić information content (AvgIpc) is 2.44. The van der Waals surface area contributed by atoms with E-state index in [4.69, 9.17) is 4.74 Å². The second kappa shape index (κ2) is 4.65. The number of rotatable bonds is 1. The molecule has 2 nitrogen and oxygen atoms in total. The van der Waals surface area contributed by atoms with Crippen molar-refractivity contribution in [1.82, 2.24) is 0 Å². The second-order valence-corrected chi connectivity index (χ2v) is 4.44. The summed E-state index contributed by atoms with van der Waals surface area (Å²) >= 11 is 0. The fourth-order valence-corrected chi connectivity index (χ4v) is 2.29. The van der Waals surface area contributed by atoms with Gasteiger partial charge in [-0.15, -0.1) is 0 Å². The van der Waals surface area contributed by atoms with E-state index in [1.54, 1.807) is 19.3 Å². The first kappa shape index (κ1) is 11.6. The minimum Gasteiger partial charge on any atom is -0.508 e. The van der Waals surface area contributed by atoms with Crippen molar-refractivity contribution in [2.75, 3.05) is 7.11 Å². The van der Waals surface area contributed by atoms with E-state index in [9.17, 15) is 5.11 Å². The molecule has 0 spiro atoms. The predicted octanol–water partition coefficient (Wildman–Crippen LogP) is 2.00. The lowest BCUT2D eigenvalue weighted by Crippen LogP contribution is -2.11. The maximum absolute atomic E-state index is 9.86. The minimum atomic E-state index is 0.251. The van der Waals surface area contributed by atoms with E-state index in [1.165, 1.54) is 0 Å². The topological polar surface area (TPSA) is 29.5 Å². The van der Waals surface area contributed by atoms with Gasteiger partial charge in [-0.25, -0.2) is 0 Å². The Bertz CT molecular complexity index is 861. The molecule has 0 atom stereocenters. The molecule has 2 aromatic rings. The van der Waals surface area contributed by atoms with Crippen LogP contribution in [0.15, 0.2) is 54.3 Å². The standard InChI is InChI=1S/C17H14O2/c1-19-15-9-7-13-10-14(18)8-6-12-4-2-3-5-16(12)17(13)11-15/h2-11,18H,1H3/b8-6?,12-6-,13-10+,14-8-,14-10?,17-16-. The maximum Gasteiger partial charge on any atom is 0.119 e. The van der Waals surface area contributed by atoms with Gasteiger partial charge in [-0.05, 0) is 45.2 Å². The molecule has 94 valence electrons. The van der Waals surface area contributed by atoms with E-state index in [0.29, 0.717) is 0 Å². The summed E-state index contributed by atoms with van der Waals surface area (Å²) in [4.78, 5) is 0. The van der Waals surface area contributed by atoms with Gasteiger partial charge >= 0.3 is 0 Å². The van der Waals surface area contributed by atoms with E-state index in [0.717, 1.165) is 26.6 Å². The number of allylic oxidation sites excluding steroid dienone is 2. The average molecular weight is 250 g/mol. The molecule has 3 rings (SSSR count). The van der Waals surface area contributed by atoms with Crippen molar-refractivity contribution in [3.8, 4) is 5.75 Å². The summed E-state index contributed by atoms with van der Waals surface area (Å²) in [5.41, 5.74) is 0. The fraction of sp³-hybridized carbons (Fsp3) is 0.0588. The molecule has 0 saturated heterocycles. The number of ether oxygens (including phenoxy) is 1. The second-order valence-electron chi connectivity index (χ2n) is 4.44. The van der Waals surface area contributed by atoms with Crippen LogP contribution in [-0.2, 0) is 0 Å². The molecule has 1 aliphatic carbocycles. The molecule has 0 unspecified atom stereocenters. The van der Waals surface area contributed by atoms with Crippen LogP contribution in [0.4, 0.5) is 0 Å². The van der Waals surface area contributed by atoms with Crippen molar-refractivity contribution in [3.63, 3.8) is 0 Å². The molecule has 1 N–H and O–H groups in total. The zero-order chi connectivity index (χ0) is 13.2. The van der Waals surface area contributed by atoms with Gasteiger partial charge in [0.25, 0.3) is 0 Å². The quantitative estimate of drug-likeness (QED) is 0.839. The predicted molar refractivity (Wildman–Crippen MR) is 76.0 cm³/mol. The number of hydrogen-bond donors (Lipinski definition) is 1. The molecule has 0 radical (unpaired) electrons. The molecule has 0 bridgehead atoms. The molecule has 19 heavy (non-hydrogen) atoms. The molecule has 0 aromatic heterocycles. The van der Waals surface area contributed by atoms with Crippen LogP contribution in [0, 0.1) is 10.4 Å². The summed E-state index contributed by atoms with van der Waals surface area (Å²) < 4.78 is 5.29. The van der Waals surface area contributed by atoms with Crippen molar-refractivity contribution in [2.45, 2.75) is 0 Å². The Balaban J connectivity index is 2.63. The highest BCUT2D eigenvalue weighted by atomic mass is 16.5.